The van der Waals surface area contributed by atoms with Crippen molar-refractivity contribution in [3.05, 3.63) is 23.7 Å². The molecule has 0 bridgehead atoms. The van der Waals surface area contributed by atoms with Crippen LogP contribution >= 0.6 is 0 Å². The summed E-state index contributed by atoms with van der Waals surface area (Å²) in [6, 6.07) is 4.30. The summed E-state index contributed by atoms with van der Waals surface area (Å²) in [5, 5.41) is 0. The van der Waals surface area contributed by atoms with Crippen molar-refractivity contribution >= 4 is 5.91 Å². The van der Waals surface area contributed by atoms with Gasteiger partial charge in [-0.3, -0.25) is 14.6 Å². The van der Waals surface area contributed by atoms with Crippen LogP contribution in [0.5, 0.6) is 0 Å². The van der Waals surface area contributed by atoms with Gasteiger partial charge in [0.2, 0.25) is 5.91 Å². The van der Waals surface area contributed by atoms with E-state index in [-0.39, 0.29) is 5.91 Å². The van der Waals surface area contributed by atoms with Gasteiger partial charge in [-0.25, -0.2) is 0 Å². The summed E-state index contributed by atoms with van der Waals surface area (Å²) in [5.41, 5.74) is 0. The zero-order valence-corrected chi connectivity index (χ0v) is 14.7. The molecule has 1 amide bonds. The molecule has 0 N–H and O–H groups in total. The Morgan fingerprint density at radius 1 is 1.43 bits per heavy atom. The molecule has 0 spiro atoms. The summed E-state index contributed by atoms with van der Waals surface area (Å²) in [6.45, 7) is 9.66. The number of hydrogen-bond acceptors (Lipinski definition) is 5. The van der Waals surface area contributed by atoms with E-state index in [4.69, 9.17) is 9.15 Å². The van der Waals surface area contributed by atoms with E-state index in [1.165, 1.54) is 0 Å². The van der Waals surface area contributed by atoms with Crippen LogP contribution in [0.2, 0.25) is 0 Å². The average molecular weight is 323 g/mol. The number of amides is 1. The van der Waals surface area contributed by atoms with Gasteiger partial charge in [-0.2, -0.15) is 0 Å². The van der Waals surface area contributed by atoms with Crippen LogP contribution in [0.15, 0.2) is 16.5 Å². The number of carbonyl (C=O) groups is 1. The number of likely N-dealkylation sites (N-methyl/N-ethyl adjacent to an activating group) is 1. The molecule has 1 aromatic rings. The first-order chi connectivity index (χ1) is 11.0. The van der Waals surface area contributed by atoms with Gasteiger partial charge in [0.15, 0.2) is 0 Å². The predicted molar refractivity (Wildman–Crippen MR) is 89.3 cm³/mol. The van der Waals surface area contributed by atoms with E-state index < -0.39 is 0 Å². The van der Waals surface area contributed by atoms with E-state index in [0.717, 1.165) is 44.3 Å². The van der Waals surface area contributed by atoms with Crippen molar-refractivity contribution in [3.8, 4) is 0 Å². The number of furan rings is 1. The van der Waals surface area contributed by atoms with Gasteiger partial charge in [0, 0.05) is 46.4 Å². The van der Waals surface area contributed by atoms with Crippen molar-refractivity contribution in [3.63, 3.8) is 0 Å². The highest BCUT2D eigenvalue weighted by molar-refractivity contribution is 5.77. The minimum absolute atomic E-state index is 0.136. The summed E-state index contributed by atoms with van der Waals surface area (Å²) in [5.74, 6) is 1.84. The third-order valence-electron chi connectivity index (χ3n) is 4.41. The Balaban J connectivity index is 1.77. The van der Waals surface area contributed by atoms with Crippen molar-refractivity contribution in [2.24, 2.45) is 0 Å². The molecule has 6 nitrogen and oxygen atoms in total. The molecule has 2 rings (SSSR count). The summed E-state index contributed by atoms with van der Waals surface area (Å²) < 4.78 is 10.7. The summed E-state index contributed by atoms with van der Waals surface area (Å²) in [4.78, 5) is 18.8. The number of methoxy groups -OCH3 is 1. The molecule has 1 aliphatic rings. The van der Waals surface area contributed by atoms with Crippen LogP contribution in [0.1, 0.15) is 18.4 Å². The molecule has 0 aromatic carbocycles. The monoisotopic (exact) mass is 323 g/mol. The van der Waals surface area contributed by atoms with Crippen molar-refractivity contribution in [2.45, 2.75) is 26.4 Å². The lowest BCUT2D eigenvalue weighted by Gasteiger charge is -2.39. The SMILES string of the molecule is COCCN1CCN(CC(=O)N(C)Cc2ccc(C)o2)C[C@@H]1C. The number of rotatable bonds is 7. The summed E-state index contributed by atoms with van der Waals surface area (Å²) in [7, 11) is 3.56. The number of piperazine rings is 1. The second-order valence-corrected chi connectivity index (χ2v) is 6.38. The average Bonchev–Trinajstić information content (AvgIpc) is 2.91. The second-order valence-electron chi connectivity index (χ2n) is 6.38. The third-order valence-corrected chi connectivity index (χ3v) is 4.41. The molecular formula is C17H29N3O3. The Morgan fingerprint density at radius 2 is 2.22 bits per heavy atom. The number of carbonyl (C=O) groups excluding carboxylic acids is 1. The normalized spacial score (nSPS) is 19.9. The van der Waals surface area contributed by atoms with Gasteiger partial charge >= 0.3 is 0 Å². The summed E-state index contributed by atoms with van der Waals surface area (Å²) in [6.07, 6.45) is 0. The van der Waals surface area contributed by atoms with Gasteiger partial charge < -0.3 is 14.1 Å². The molecule has 6 heteroatoms. The maximum absolute atomic E-state index is 12.4. The first-order valence-corrected chi connectivity index (χ1v) is 8.24. The van der Waals surface area contributed by atoms with Gasteiger partial charge in [0.05, 0.1) is 19.7 Å². The van der Waals surface area contributed by atoms with Crippen molar-refractivity contribution in [1.29, 1.82) is 0 Å². The van der Waals surface area contributed by atoms with E-state index in [0.29, 0.717) is 19.1 Å². The van der Waals surface area contributed by atoms with Crippen LogP contribution in [-0.2, 0) is 16.1 Å². The zero-order chi connectivity index (χ0) is 16.8. The number of nitrogens with zero attached hydrogens (tertiary/aromatic N) is 3. The van der Waals surface area contributed by atoms with Crippen LogP contribution < -0.4 is 0 Å². The molecule has 2 heterocycles. The fraction of sp³-hybridized carbons (Fsp3) is 0.706. The Kier molecular flexibility index (Phi) is 6.62. The molecule has 0 saturated carbocycles. The van der Waals surface area contributed by atoms with Crippen LogP contribution in [0.4, 0.5) is 0 Å². The smallest absolute Gasteiger partial charge is 0.236 e. The minimum atomic E-state index is 0.136. The van der Waals surface area contributed by atoms with E-state index in [1.807, 2.05) is 26.1 Å². The Hall–Kier alpha value is -1.37. The highest BCUT2D eigenvalue weighted by Crippen LogP contribution is 2.11. The molecule has 0 aliphatic carbocycles. The molecule has 23 heavy (non-hydrogen) atoms. The maximum atomic E-state index is 12.4. The molecule has 1 saturated heterocycles. The Bertz CT molecular complexity index is 503. The topological polar surface area (TPSA) is 49.2 Å². The molecule has 0 radical (unpaired) electrons. The van der Waals surface area contributed by atoms with Gasteiger partial charge in [-0.15, -0.1) is 0 Å². The lowest BCUT2D eigenvalue weighted by Crippen LogP contribution is -2.54. The van der Waals surface area contributed by atoms with Crippen LogP contribution in [-0.4, -0.2) is 80.1 Å². The Labute approximate surface area is 139 Å². The quantitative estimate of drug-likeness (QED) is 0.755. The minimum Gasteiger partial charge on any atom is -0.464 e. The van der Waals surface area contributed by atoms with Crippen molar-refractivity contribution < 1.29 is 13.9 Å². The molecule has 1 atom stereocenters. The first-order valence-electron chi connectivity index (χ1n) is 8.24. The van der Waals surface area contributed by atoms with Crippen molar-refractivity contribution in [1.82, 2.24) is 14.7 Å². The van der Waals surface area contributed by atoms with Crippen LogP contribution in [0, 0.1) is 6.92 Å². The first kappa shape index (κ1) is 18.0. The summed E-state index contributed by atoms with van der Waals surface area (Å²) >= 11 is 0. The number of aryl methyl sites for hydroxylation is 1. The predicted octanol–water partition coefficient (Wildman–Crippen LogP) is 1.20. The van der Waals surface area contributed by atoms with Gasteiger partial charge in [0.1, 0.15) is 11.5 Å². The zero-order valence-electron chi connectivity index (χ0n) is 14.7. The lowest BCUT2D eigenvalue weighted by molar-refractivity contribution is -0.132. The highest BCUT2D eigenvalue weighted by Gasteiger charge is 2.25. The van der Waals surface area contributed by atoms with Gasteiger partial charge in [-0.05, 0) is 26.0 Å². The fourth-order valence-corrected chi connectivity index (χ4v) is 2.96. The molecular weight excluding hydrogens is 294 g/mol. The fourth-order valence-electron chi connectivity index (χ4n) is 2.96. The third kappa shape index (κ3) is 5.34. The highest BCUT2D eigenvalue weighted by atomic mass is 16.5. The van der Waals surface area contributed by atoms with E-state index in [9.17, 15) is 4.79 Å². The maximum Gasteiger partial charge on any atom is 0.236 e. The molecule has 130 valence electrons. The standard InChI is InChI=1S/C17H29N3O3/c1-14-11-19(7-8-20(14)9-10-22-4)13-17(21)18(3)12-16-6-5-15(2)23-16/h5-6,14H,7-13H2,1-4H3/t14-/m0/s1. The molecule has 1 aliphatic heterocycles. The Morgan fingerprint density at radius 3 is 2.83 bits per heavy atom. The van der Waals surface area contributed by atoms with Crippen molar-refractivity contribution in [2.75, 3.05) is 53.5 Å². The van der Waals surface area contributed by atoms with E-state index >= 15 is 0 Å². The largest absolute Gasteiger partial charge is 0.464 e. The van der Waals surface area contributed by atoms with Gasteiger partial charge in [-0.1, -0.05) is 0 Å². The molecule has 0 unspecified atom stereocenters. The number of ether oxygens (including phenoxy) is 1. The second kappa shape index (κ2) is 8.47. The lowest BCUT2D eigenvalue weighted by atomic mass is 10.2. The molecule has 1 fully saturated rings. The van der Waals surface area contributed by atoms with E-state index in [1.54, 1.807) is 12.0 Å². The molecule has 1 aromatic heterocycles. The van der Waals surface area contributed by atoms with Gasteiger partial charge in [0.25, 0.3) is 0 Å². The van der Waals surface area contributed by atoms with Crippen LogP contribution in [0.25, 0.3) is 0 Å². The van der Waals surface area contributed by atoms with E-state index in [2.05, 4.69) is 16.7 Å². The number of hydrogen-bond donors (Lipinski definition) is 0. The van der Waals surface area contributed by atoms with Crippen LogP contribution in [0.3, 0.4) is 0 Å².